The first-order chi connectivity index (χ1) is 12.8. The summed E-state index contributed by atoms with van der Waals surface area (Å²) < 4.78 is 7.36. The first kappa shape index (κ1) is 17.8. The van der Waals surface area contributed by atoms with Gasteiger partial charge in [-0.15, -0.1) is 0 Å². The van der Waals surface area contributed by atoms with Crippen molar-refractivity contribution < 1.29 is 24.9 Å². The molecule has 0 bridgehead atoms. The molecule has 4 rings (SSSR count). The molecule has 2 aliphatic heterocycles. The van der Waals surface area contributed by atoms with E-state index in [1.807, 2.05) is 0 Å². The third kappa shape index (κ3) is 2.43. The second-order valence-corrected chi connectivity index (χ2v) is 6.79. The molecule has 1 amide bonds. The number of nitrogens with zero attached hydrogens (tertiary/aromatic N) is 5. The van der Waals surface area contributed by atoms with Gasteiger partial charge >= 0.3 is 0 Å². The van der Waals surface area contributed by atoms with Gasteiger partial charge in [0.05, 0.1) is 17.6 Å². The molecule has 0 radical (unpaired) electrons. The molecule has 0 spiro atoms. The number of hydrazone groups is 1. The van der Waals surface area contributed by atoms with Crippen LogP contribution < -0.4 is 10.3 Å². The zero-order valence-electron chi connectivity index (χ0n) is 15.0. The summed E-state index contributed by atoms with van der Waals surface area (Å²) in [6, 6.07) is 0. The van der Waals surface area contributed by atoms with Crippen LogP contribution in [0.2, 0.25) is 0 Å². The first-order valence-electron chi connectivity index (χ1n) is 8.39. The predicted octanol–water partition coefficient (Wildman–Crippen LogP) is -1.54. The Balaban J connectivity index is 1.93. The molecular weight excluding hydrogens is 356 g/mol. The molecule has 2 aromatic rings. The maximum absolute atomic E-state index is 11.6. The summed E-state index contributed by atoms with van der Waals surface area (Å²) >= 11 is 0. The molecule has 1 fully saturated rings. The second-order valence-electron chi connectivity index (χ2n) is 6.79. The highest BCUT2D eigenvalue weighted by Gasteiger charge is 2.53. The molecule has 0 saturated carbocycles. The molecule has 0 aromatic carbocycles. The number of carbonyl (C=O) groups excluding carboxylic acids is 1. The number of nitrogens with one attached hydrogen (secondary N) is 1. The lowest BCUT2D eigenvalue weighted by atomic mass is 10.0. The standard InChI is InChI=1S/C16H20N6O5/c1-7(24)19-13-8-4-22(16(2)12(26)11(25)9(5-23)27-16)15-10(8)14(17-6-18-15)21(3)20-13/h4,6,9,11-12,23,25-26H,5H2,1-3H3,(H,19,20,24)/t9-,11-,12-,16+/m1/s1. The fourth-order valence-electron chi connectivity index (χ4n) is 3.63. The summed E-state index contributed by atoms with van der Waals surface area (Å²) in [6.45, 7) is 2.53. The maximum Gasteiger partial charge on any atom is 0.222 e. The number of anilines is 1. The fourth-order valence-corrected chi connectivity index (χ4v) is 3.63. The quantitative estimate of drug-likeness (QED) is 0.494. The highest BCUT2D eigenvalue weighted by atomic mass is 16.6. The molecule has 2 aliphatic rings. The van der Waals surface area contributed by atoms with Gasteiger partial charge in [-0.25, -0.2) is 15.0 Å². The Morgan fingerprint density at radius 2 is 2.15 bits per heavy atom. The van der Waals surface area contributed by atoms with Gasteiger partial charge in [-0.3, -0.25) is 4.79 Å². The van der Waals surface area contributed by atoms with Crippen molar-refractivity contribution in [1.82, 2.24) is 19.9 Å². The van der Waals surface area contributed by atoms with Crippen LogP contribution in [0.1, 0.15) is 19.4 Å². The smallest absolute Gasteiger partial charge is 0.222 e. The molecule has 4 N–H and O–H groups in total. The highest BCUT2D eigenvalue weighted by molar-refractivity contribution is 6.18. The lowest BCUT2D eigenvalue weighted by Gasteiger charge is -2.30. The normalized spacial score (nSPS) is 29.9. The Morgan fingerprint density at radius 1 is 1.41 bits per heavy atom. The lowest BCUT2D eigenvalue weighted by molar-refractivity contribution is -0.132. The summed E-state index contributed by atoms with van der Waals surface area (Å²) in [5.74, 6) is 0.548. The van der Waals surface area contributed by atoms with E-state index in [1.54, 1.807) is 24.7 Å². The number of hydrogen-bond acceptors (Lipinski definition) is 9. The average molecular weight is 376 g/mol. The summed E-state index contributed by atoms with van der Waals surface area (Å²) in [6.07, 6.45) is -0.517. The van der Waals surface area contributed by atoms with Gasteiger partial charge in [0.15, 0.2) is 17.4 Å². The number of hydrogen-bond donors (Lipinski definition) is 4. The molecular formula is C16H20N6O5. The van der Waals surface area contributed by atoms with Crippen molar-refractivity contribution in [2.75, 3.05) is 18.7 Å². The number of ether oxygens (including phenoxy) is 1. The summed E-state index contributed by atoms with van der Waals surface area (Å²) in [5, 5.41) is 39.4. The molecule has 2 aromatic heterocycles. The third-order valence-corrected chi connectivity index (χ3v) is 4.97. The van der Waals surface area contributed by atoms with Crippen LogP contribution in [0.15, 0.2) is 17.6 Å². The highest BCUT2D eigenvalue weighted by Crippen LogP contribution is 2.40. The SMILES string of the molecule is CC(=O)NC1=NN(C)c2ncnc3c2c1cn3[C@@]1(C)O[C@H](CO)[C@@H](O)[C@H]1O. The van der Waals surface area contributed by atoms with E-state index < -0.39 is 30.6 Å². The van der Waals surface area contributed by atoms with Crippen LogP contribution in [-0.2, 0) is 15.3 Å². The fraction of sp³-hybridized carbons (Fsp3) is 0.500. The van der Waals surface area contributed by atoms with Crippen LogP contribution in [0.4, 0.5) is 5.82 Å². The molecule has 1 saturated heterocycles. The van der Waals surface area contributed by atoms with E-state index in [0.717, 1.165) is 0 Å². The van der Waals surface area contributed by atoms with E-state index in [1.165, 1.54) is 18.3 Å². The van der Waals surface area contributed by atoms with Gasteiger partial charge in [0.1, 0.15) is 30.3 Å². The van der Waals surface area contributed by atoms with E-state index in [2.05, 4.69) is 20.4 Å². The molecule has 27 heavy (non-hydrogen) atoms. The Hall–Kier alpha value is -2.60. The van der Waals surface area contributed by atoms with Gasteiger partial charge in [0.2, 0.25) is 5.91 Å². The zero-order chi connectivity index (χ0) is 19.5. The molecule has 0 aliphatic carbocycles. The van der Waals surface area contributed by atoms with E-state index >= 15 is 0 Å². The minimum atomic E-state index is -1.39. The average Bonchev–Trinajstić information content (AvgIpc) is 3.12. The van der Waals surface area contributed by atoms with Gasteiger partial charge in [-0.05, 0) is 6.92 Å². The van der Waals surface area contributed by atoms with Crippen molar-refractivity contribution in [3.63, 3.8) is 0 Å². The van der Waals surface area contributed by atoms with Crippen LogP contribution in [-0.4, -0.2) is 73.6 Å². The van der Waals surface area contributed by atoms with Gasteiger partial charge in [0, 0.05) is 20.2 Å². The zero-order valence-corrected chi connectivity index (χ0v) is 15.0. The largest absolute Gasteiger partial charge is 0.394 e. The molecule has 11 heteroatoms. The van der Waals surface area contributed by atoms with Crippen LogP contribution in [0, 0.1) is 0 Å². The van der Waals surface area contributed by atoms with Crippen molar-refractivity contribution in [3.05, 3.63) is 18.1 Å². The van der Waals surface area contributed by atoms with Gasteiger partial charge < -0.3 is 29.9 Å². The molecule has 4 atom stereocenters. The molecule has 144 valence electrons. The van der Waals surface area contributed by atoms with Crippen molar-refractivity contribution in [2.45, 2.75) is 37.9 Å². The van der Waals surface area contributed by atoms with Gasteiger partial charge in [-0.2, -0.15) is 5.10 Å². The topological polar surface area (TPSA) is 145 Å². The van der Waals surface area contributed by atoms with E-state index in [-0.39, 0.29) is 5.91 Å². The van der Waals surface area contributed by atoms with E-state index in [4.69, 9.17) is 4.74 Å². The molecule has 4 heterocycles. The second kappa shape index (κ2) is 5.96. The molecule has 11 nitrogen and oxygen atoms in total. The monoisotopic (exact) mass is 376 g/mol. The Morgan fingerprint density at radius 3 is 2.78 bits per heavy atom. The number of aromatic nitrogens is 3. The Bertz CT molecular complexity index is 958. The third-order valence-electron chi connectivity index (χ3n) is 4.97. The molecule has 0 unspecified atom stereocenters. The number of aliphatic hydroxyl groups is 3. The van der Waals surface area contributed by atoms with Crippen molar-refractivity contribution in [3.8, 4) is 0 Å². The van der Waals surface area contributed by atoms with E-state index in [9.17, 15) is 20.1 Å². The lowest BCUT2D eigenvalue weighted by Crippen LogP contribution is -2.43. The van der Waals surface area contributed by atoms with Crippen LogP contribution in [0.5, 0.6) is 0 Å². The summed E-state index contributed by atoms with van der Waals surface area (Å²) in [7, 11) is 1.69. The number of aliphatic hydroxyl groups excluding tert-OH is 3. The maximum atomic E-state index is 11.6. The number of carbonyl (C=O) groups is 1. The Labute approximate surface area is 153 Å². The summed E-state index contributed by atoms with van der Waals surface area (Å²) in [5.41, 5.74) is -0.390. The first-order valence-corrected chi connectivity index (χ1v) is 8.39. The minimum absolute atomic E-state index is 0.289. The van der Waals surface area contributed by atoms with Crippen molar-refractivity contribution in [1.29, 1.82) is 0 Å². The summed E-state index contributed by atoms with van der Waals surface area (Å²) in [4.78, 5) is 20.1. The number of rotatable bonds is 2. The van der Waals surface area contributed by atoms with Crippen molar-refractivity contribution >= 4 is 28.6 Å². The minimum Gasteiger partial charge on any atom is -0.394 e. The number of amidine groups is 1. The Kier molecular flexibility index (Phi) is 3.93. The van der Waals surface area contributed by atoms with Gasteiger partial charge in [0.25, 0.3) is 0 Å². The van der Waals surface area contributed by atoms with Crippen molar-refractivity contribution in [2.24, 2.45) is 5.10 Å². The van der Waals surface area contributed by atoms with Crippen LogP contribution >= 0.6 is 0 Å². The number of amides is 1. The predicted molar refractivity (Wildman–Crippen MR) is 93.9 cm³/mol. The van der Waals surface area contributed by atoms with Crippen LogP contribution in [0.3, 0.4) is 0 Å². The van der Waals surface area contributed by atoms with Gasteiger partial charge in [-0.1, -0.05) is 0 Å². The van der Waals surface area contributed by atoms with Crippen LogP contribution in [0.25, 0.3) is 11.0 Å². The van der Waals surface area contributed by atoms with E-state index in [0.29, 0.717) is 28.3 Å².